The summed E-state index contributed by atoms with van der Waals surface area (Å²) in [7, 11) is 1.10. The molecule has 0 radical (unpaired) electrons. The molecule has 6 nitrogen and oxygen atoms in total. The third-order valence-electron chi connectivity index (χ3n) is 2.15. The molecule has 0 aromatic heterocycles. The van der Waals surface area contributed by atoms with E-state index in [2.05, 4.69) is 4.74 Å². The van der Waals surface area contributed by atoms with Crippen LogP contribution in [0, 0.1) is 15.9 Å². The number of hydrogen-bond donors (Lipinski definition) is 1. The molecule has 17 heavy (non-hydrogen) atoms. The van der Waals surface area contributed by atoms with E-state index in [1.807, 2.05) is 0 Å². The van der Waals surface area contributed by atoms with Crippen molar-refractivity contribution >= 4 is 11.7 Å². The maximum absolute atomic E-state index is 13.4. The quantitative estimate of drug-likeness (QED) is 0.489. The molecule has 0 spiro atoms. The van der Waals surface area contributed by atoms with Crippen molar-refractivity contribution in [2.24, 2.45) is 0 Å². The van der Waals surface area contributed by atoms with Crippen LogP contribution in [0.5, 0.6) is 0 Å². The van der Waals surface area contributed by atoms with Gasteiger partial charge < -0.3 is 9.84 Å². The third-order valence-corrected chi connectivity index (χ3v) is 2.15. The number of nitrogens with zero attached hydrogens (tertiary/aromatic N) is 1. The number of aliphatic hydroxyl groups is 1. The SMILES string of the molecule is COC(=O)CC(O)c1c(F)cccc1[N+](=O)[O-]. The van der Waals surface area contributed by atoms with Gasteiger partial charge in [0.2, 0.25) is 0 Å². The Balaban J connectivity index is 3.11. The van der Waals surface area contributed by atoms with Gasteiger partial charge in [0.15, 0.2) is 0 Å². The number of methoxy groups -OCH3 is 1. The second kappa shape index (κ2) is 5.35. The molecule has 0 saturated heterocycles. The van der Waals surface area contributed by atoms with Gasteiger partial charge in [-0.2, -0.15) is 0 Å². The Morgan fingerprint density at radius 3 is 2.82 bits per heavy atom. The number of carbonyl (C=O) groups is 1. The van der Waals surface area contributed by atoms with Crippen molar-refractivity contribution < 1.29 is 24.0 Å². The number of benzene rings is 1. The monoisotopic (exact) mass is 243 g/mol. The minimum absolute atomic E-state index is 0.511. The molecular formula is C10H10FNO5. The van der Waals surface area contributed by atoms with Crippen molar-refractivity contribution in [3.05, 3.63) is 39.7 Å². The van der Waals surface area contributed by atoms with E-state index in [4.69, 9.17) is 0 Å². The van der Waals surface area contributed by atoms with E-state index in [9.17, 15) is 24.4 Å². The lowest BCUT2D eigenvalue weighted by Crippen LogP contribution is -2.11. The number of nitro groups is 1. The maximum atomic E-state index is 13.4. The van der Waals surface area contributed by atoms with Gasteiger partial charge in [-0.05, 0) is 6.07 Å². The summed E-state index contributed by atoms with van der Waals surface area (Å²) < 4.78 is 17.7. The van der Waals surface area contributed by atoms with Crippen molar-refractivity contribution in [3.63, 3.8) is 0 Å². The van der Waals surface area contributed by atoms with Gasteiger partial charge in [-0.15, -0.1) is 0 Å². The van der Waals surface area contributed by atoms with Crippen LogP contribution in [0.4, 0.5) is 10.1 Å². The van der Waals surface area contributed by atoms with Crippen LogP contribution in [-0.4, -0.2) is 23.1 Å². The van der Waals surface area contributed by atoms with Crippen LogP contribution in [0.1, 0.15) is 18.1 Å². The molecule has 1 unspecified atom stereocenters. The molecule has 0 fully saturated rings. The molecule has 0 bridgehead atoms. The summed E-state index contributed by atoms with van der Waals surface area (Å²) in [6.07, 6.45) is -2.15. The average Bonchev–Trinajstić information content (AvgIpc) is 2.28. The molecule has 7 heteroatoms. The molecule has 0 aliphatic heterocycles. The van der Waals surface area contributed by atoms with Crippen LogP contribution in [0.15, 0.2) is 18.2 Å². The minimum atomic E-state index is -1.61. The number of esters is 1. The summed E-state index contributed by atoms with van der Waals surface area (Å²) >= 11 is 0. The molecule has 1 N–H and O–H groups in total. The van der Waals surface area contributed by atoms with Gasteiger partial charge in [0.25, 0.3) is 5.69 Å². The van der Waals surface area contributed by atoms with Gasteiger partial charge in [0.05, 0.1) is 30.1 Å². The van der Waals surface area contributed by atoms with Crippen LogP contribution >= 0.6 is 0 Å². The van der Waals surface area contributed by atoms with Crippen molar-refractivity contribution in [1.82, 2.24) is 0 Å². The zero-order valence-electron chi connectivity index (χ0n) is 8.92. The molecule has 1 rings (SSSR count). The Bertz CT molecular complexity index is 448. The fourth-order valence-electron chi connectivity index (χ4n) is 1.36. The van der Waals surface area contributed by atoms with Crippen LogP contribution in [0.25, 0.3) is 0 Å². The highest BCUT2D eigenvalue weighted by atomic mass is 19.1. The van der Waals surface area contributed by atoms with Crippen molar-refractivity contribution in [3.8, 4) is 0 Å². The fourth-order valence-corrected chi connectivity index (χ4v) is 1.36. The molecular weight excluding hydrogens is 233 g/mol. The van der Waals surface area contributed by atoms with E-state index in [-0.39, 0.29) is 0 Å². The van der Waals surface area contributed by atoms with Gasteiger partial charge in [0.1, 0.15) is 5.82 Å². The van der Waals surface area contributed by atoms with Crippen LogP contribution in [0.2, 0.25) is 0 Å². The Morgan fingerprint density at radius 2 is 2.29 bits per heavy atom. The highest BCUT2D eigenvalue weighted by molar-refractivity contribution is 5.70. The second-order valence-corrected chi connectivity index (χ2v) is 3.23. The van der Waals surface area contributed by atoms with Gasteiger partial charge in [0, 0.05) is 6.07 Å². The lowest BCUT2D eigenvalue weighted by molar-refractivity contribution is -0.386. The van der Waals surface area contributed by atoms with E-state index < -0.39 is 40.5 Å². The summed E-state index contributed by atoms with van der Waals surface area (Å²) in [5.41, 5.74) is -1.08. The lowest BCUT2D eigenvalue weighted by Gasteiger charge is -2.10. The summed E-state index contributed by atoms with van der Waals surface area (Å²) in [6, 6.07) is 3.18. The van der Waals surface area contributed by atoms with Gasteiger partial charge in [-0.25, -0.2) is 4.39 Å². The first-order valence-corrected chi connectivity index (χ1v) is 4.65. The molecule has 1 aromatic carbocycles. The lowest BCUT2D eigenvalue weighted by atomic mass is 10.0. The van der Waals surface area contributed by atoms with Crippen LogP contribution in [0.3, 0.4) is 0 Å². The summed E-state index contributed by atoms with van der Waals surface area (Å²) in [5, 5.41) is 20.2. The van der Waals surface area contributed by atoms with Crippen LogP contribution < -0.4 is 0 Å². The largest absolute Gasteiger partial charge is 0.469 e. The maximum Gasteiger partial charge on any atom is 0.308 e. The summed E-state index contributed by atoms with van der Waals surface area (Å²) in [4.78, 5) is 20.7. The second-order valence-electron chi connectivity index (χ2n) is 3.23. The predicted molar refractivity (Wildman–Crippen MR) is 54.6 cm³/mol. The van der Waals surface area contributed by atoms with E-state index in [1.165, 1.54) is 0 Å². The molecule has 0 amide bonds. The molecule has 0 aliphatic rings. The number of ether oxygens (including phenoxy) is 1. The summed E-state index contributed by atoms with van der Waals surface area (Å²) in [5.74, 6) is -1.72. The van der Waals surface area contributed by atoms with E-state index >= 15 is 0 Å². The Kier molecular flexibility index (Phi) is 4.11. The number of halogens is 1. The number of rotatable bonds is 4. The standard InChI is InChI=1S/C10H10FNO5/c1-17-9(14)5-8(13)10-6(11)3-2-4-7(10)12(15)16/h2-4,8,13H,5H2,1H3. The molecule has 1 atom stereocenters. The highest BCUT2D eigenvalue weighted by Crippen LogP contribution is 2.29. The summed E-state index contributed by atoms with van der Waals surface area (Å²) in [6.45, 7) is 0. The van der Waals surface area contributed by atoms with E-state index in [1.54, 1.807) is 0 Å². The molecule has 92 valence electrons. The molecule has 1 aromatic rings. The average molecular weight is 243 g/mol. The van der Waals surface area contributed by atoms with Gasteiger partial charge in [-0.3, -0.25) is 14.9 Å². The first-order valence-electron chi connectivity index (χ1n) is 4.65. The van der Waals surface area contributed by atoms with E-state index in [0.29, 0.717) is 0 Å². The highest BCUT2D eigenvalue weighted by Gasteiger charge is 2.26. The first-order chi connectivity index (χ1) is 7.97. The zero-order chi connectivity index (χ0) is 13.0. The fraction of sp³-hybridized carbons (Fsp3) is 0.300. The van der Waals surface area contributed by atoms with Crippen molar-refractivity contribution in [2.75, 3.05) is 7.11 Å². The van der Waals surface area contributed by atoms with Crippen molar-refractivity contribution in [2.45, 2.75) is 12.5 Å². The predicted octanol–water partition coefficient (Wildman–Crippen LogP) is 1.33. The molecule has 0 heterocycles. The number of aliphatic hydroxyl groups excluding tert-OH is 1. The number of hydrogen-bond acceptors (Lipinski definition) is 5. The zero-order valence-corrected chi connectivity index (χ0v) is 8.92. The smallest absolute Gasteiger partial charge is 0.308 e. The van der Waals surface area contributed by atoms with Crippen LogP contribution in [-0.2, 0) is 9.53 Å². The molecule has 0 saturated carbocycles. The third kappa shape index (κ3) is 2.97. The van der Waals surface area contributed by atoms with E-state index in [0.717, 1.165) is 25.3 Å². The van der Waals surface area contributed by atoms with Gasteiger partial charge >= 0.3 is 5.97 Å². The Morgan fingerprint density at radius 1 is 1.65 bits per heavy atom. The Labute approximate surface area is 95.8 Å². The number of carbonyl (C=O) groups excluding carboxylic acids is 1. The number of nitro benzene ring substituents is 1. The van der Waals surface area contributed by atoms with Crippen molar-refractivity contribution in [1.29, 1.82) is 0 Å². The molecule has 0 aliphatic carbocycles. The topological polar surface area (TPSA) is 89.7 Å². The Hall–Kier alpha value is -2.02. The van der Waals surface area contributed by atoms with Gasteiger partial charge in [-0.1, -0.05) is 6.07 Å². The minimum Gasteiger partial charge on any atom is -0.469 e. The normalized spacial score (nSPS) is 11.9. The first kappa shape index (κ1) is 13.0.